The molecule has 0 radical (unpaired) electrons. The first kappa shape index (κ1) is 20.7. The highest BCUT2D eigenvalue weighted by atomic mass is 32.2. The van der Waals surface area contributed by atoms with E-state index in [1.54, 1.807) is 7.11 Å². The van der Waals surface area contributed by atoms with Crippen LogP contribution >= 0.6 is 11.8 Å². The number of nitrogens with zero attached hydrogens (tertiary/aromatic N) is 3. The van der Waals surface area contributed by atoms with Gasteiger partial charge in [0.15, 0.2) is 11.0 Å². The van der Waals surface area contributed by atoms with Crippen molar-refractivity contribution in [1.82, 2.24) is 14.8 Å². The van der Waals surface area contributed by atoms with Gasteiger partial charge in [-0.3, -0.25) is 4.79 Å². The van der Waals surface area contributed by atoms with Crippen LogP contribution in [0.25, 0.3) is 0 Å². The molecule has 1 aromatic heterocycles. The summed E-state index contributed by atoms with van der Waals surface area (Å²) in [4.78, 5) is 12.4. The van der Waals surface area contributed by atoms with Crippen molar-refractivity contribution in [3.05, 3.63) is 59.4 Å². The van der Waals surface area contributed by atoms with Crippen molar-refractivity contribution in [1.29, 1.82) is 0 Å². The Labute approximate surface area is 174 Å². The lowest BCUT2D eigenvalue weighted by Crippen LogP contribution is -2.15. The minimum absolute atomic E-state index is 0.139. The van der Waals surface area contributed by atoms with E-state index >= 15 is 0 Å². The van der Waals surface area contributed by atoms with E-state index in [1.165, 1.54) is 11.8 Å². The van der Waals surface area contributed by atoms with E-state index in [4.69, 9.17) is 9.47 Å². The molecule has 3 aromatic rings. The van der Waals surface area contributed by atoms with Crippen LogP contribution in [0.1, 0.15) is 17.0 Å². The van der Waals surface area contributed by atoms with Crippen LogP contribution in [-0.4, -0.2) is 33.5 Å². The summed E-state index contributed by atoms with van der Waals surface area (Å²) < 4.78 is 13.0. The summed E-state index contributed by atoms with van der Waals surface area (Å²) >= 11 is 1.32. The number of methoxy groups -OCH3 is 1. The number of para-hydroxylation sites is 1. The second kappa shape index (κ2) is 9.47. The number of rotatable bonds is 8. The fourth-order valence-corrected chi connectivity index (χ4v) is 3.42. The molecule has 0 fully saturated rings. The van der Waals surface area contributed by atoms with Crippen LogP contribution in [0, 0.1) is 13.8 Å². The molecule has 1 heterocycles. The predicted molar refractivity (Wildman–Crippen MR) is 114 cm³/mol. The molecule has 0 atom stereocenters. The van der Waals surface area contributed by atoms with E-state index in [2.05, 4.69) is 15.5 Å². The maximum absolute atomic E-state index is 12.4. The van der Waals surface area contributed by atoms with Crippen molar-refractivity contribution < 1.29 is 14.3 Å². The second-order valence-corrected chi connectivity index (χ2v) is 7.50. The molecule has 7 nitrogen and oxygen atoms in total. The molecular weight excluding hydrogens is 388 g/mol. The number of carbonyl (C=O) groups excluding carboxylic acids is 1. The van der Waals surface area contributed by atoms with Gasteiger partial charge in [0.05, 0.1) is 18.6 Å². The quantitative estimate of drug-likeness (QED) is 0.568. The number of amides is 1. The number of hydrogen-bond donors (Lipinski definition) is 1. The molecule has 3 rings (SSSR count). The molecule has 29 heavy (non-hydrogen) atoms. The highest BCUT2D eigenvalue weighted by molar-refractivity contribution is 7.99. The number of nitrogens with one attached hydrogen (secondary N) is 1. The molecule has 0 aliphatic carbocycles. The molecule has 8 heteroatoms. The van der Waals surface area contributed by atoms with Gasteiger partial charge in [-0.2, -0.15) is 0 Å². The number of benzene rings is 2. The molecule has 1 N–H and O–H groups in total. The summed E-state index contributed by atoms with van der Waals surface area (Å²) in [7, 11) is 3.44. The van der Waals surface area contributed by atoms with E-state index in [1.807, 2.05) is 67.9 Å². The van der Waals surface area contributed by atoms with Gasteiger partial charge in [0.1, 0.15) is 18.1 Å². The standard InChI is InChI=1S/C21H24N4O3S/c1-14-9-10-18(27-4)16(11-14)22-20(26)13-29-21-24-23-19(25(21)3)12-28-17-8-6-5-7-15(17)2/h5-11H,12-13H2,1-4H3,(H,22,26). The van der Waals surface area contributed by atoms with Crippen molar-refractivity contribution in [2.24, 2.45) is 7.05 Å². The van der Waals surface area contributed by atoms with Gasteiger partial charge in [-0.15, -0.1) is 10.2 Å². The number of aryl methyl sites for hydroxylation is 2. The van der Waals surface area contributed by atoms with Crippen LogP contribution in [0.3, 0.4) is 0 Å². The van der Waals surface area contributed by atoms with E-state index in [0.29, 0.717) is 29.0 Å². The topological polar surface area (TPSA) is 78.3 Å². The fraction of sp³-hybridized carbons (Fsp3) is 0.286. The number of aromatic nitrogens is 3. The first-order valence-corrected chi connectivity index (χ1v) is 10.1. The third-order valence-electron chi connectivity index (χ3n) is 4.34. The molecular formula is C21H24N4O3S. The van der Waals surface area contributed by atoms with Crippen LogP contribution in [0.5, 0.6) is 11.5 Å². The molecule has 1 amide bonds. The van der Waals surface area contributed by atoms with Gasteiger partial charge in [0.25, 0.3) is 0 Å². The third-order valence-corrected chi connectivity index (χ3v) is 5.36. The Balaban J connectivity index is 1.57. The predicted octanol–water partition coefficient (Wildman–Crippen LogP) is 3.75. The van der Waals surface area contributed by atoms with Crippen molar-refractivity contribution in [2.45, 2.75) is 25.6 Å². The molecule has 0 aliphatic rings. The first-order chi connectivity index (χ1) is 14.0. The van der Waals surface area contributed by atoms with Crippen LogP contribution in [0.2, 0.25) is 0 Å². The lowest BCUT2D eigenvalue weighted by atomic mass is 10.2. The molecule has 0 aliphatic heterocycles. The monoisotopic (exact) mass is 412 g/mol. The van der Waals surface area contributed by atoms with E-state index in [-0.39, 0.29) is 11.7 Å². The minimum atomic E-state index is -0.139. The van der Waals surface area contributed by atoms with Gasteiger partial charge in [-0.25, -0.2) is 0 Å². The molecule has 0 saturated heterocycles. The molecule has 0 saturated carbocycles. The van der Waals surface area contributed by atoms with Gasteiger partial charge in [-0.05, 0) is 43.2 Å². The normalized spacial score (nSPS) is 10.6. The van der Waals surface area contributed by atoms with E-state index < -0.39 is 0 Å². The van der Waals surface area contributed by atoms with Gasteiger partial charge >= 0.3 is 0 Å². The van der Waals surface area contributed by atoms with Gasteiger partial charge in [0, 0.05) is 7.05 Å². The Morgan fingerprint density at radius 2 is 1.93 bits per heavy atom. The average Bonchev–Trinajstić information content (AvgIpc) is 3.05. The van der Waals surface area contributed by atoms with Crippen molar-refractivity contribution in [3.8, 4) is 11.5 Å². The highest BCUT2D eigenvalue weighted by Gasteiger charge is 2.14. The molecule has 0 spiro atoms. The van der Waals surface area contributed by atoms with Gasteiger partial charge < -0.3 is 19.4 Å². The zero-order valence-corrected chi connectivity index (χ0v) is 17.7. The molecule has 0 bridgehead atoms. The number of carbonyl (C=O) groups is 1. The molecule has 2 aromatic carbocycles. The van der Waals surface area contributed by atoms with E-state index in [0.717, 1.165) is 16.9 Å². The van der Waals surface area contributed by atoms with Gasteiger partial charge in [0.2, 0.25) is 5.91 Å². The van der Waals surface area contributed by atoms with Crippen LogP contribution in [0.4, 0.5) is 5.69 Å². The van der Waals surface area contributed by atoms with Crippen molar-refractivity contribution in [3.63, 3.8) is 0 Å². The number of thioether (sulfide) groups is 1. The Bertz CT molecular complexity index is 1000. The number of anilines is 1. The smallest absolute Gasteiger partial charge is 0.234 e. The van der Waals surface area contributed by atoms with Crippen molar-refractivity contribution in [2.75, 3.05) is 18.2 Å². The Kier molecular flexibility index (Phi) is 6.77. The van der Waals surface area contributed by atoms with Crippen LogP contribution < -0.4 is 14.8 Å². The summed E-state index contributed by atoms with van der Waals surface area (Å²) in [6.07, 6.45) is 0. The first-order valence-electron chi connectivity index (χ1n) is 9.12. The SMILES string of the molecule is COc1ccc(C)cc1NC(=O)CSc1nnc(COc2ccccc2C)n1C. The zero-order chi connectivity index (χ0) is 20.8. The summed E-state index contributed by atoms with van der Waals surface area (Å²) in [5, 5.41) is 11.9. The van der Waals surface area contributed by atoms with Crippen LogP contribution in [-0.2, 0) is 18.4 Å². The molecule has 0 unspecified atom stereocenters. The van der Waals surface area contributed by atoms with Gasteiger partial charge in [-0.1, -0.05) is 36.0 Å². The maximum Gasteiger partial charge on any atom is 0.234 e. The Morgan fingerprint density at radius 1 is 1.14 bits per heavy atom. The summed E-state index contributed by atoms with van der Waals surface area (Å²) in [6, 6.07) is 13.5. The summed E-state index contributed by atoms with van der Waals surface area (Å²) in [6.45, 7) is 4.26. The van der Waals surface area contributed by atoms with Crippen molar-refractivity contribution >= 4 is 23.4 Å². The summed E-state index contributed by atoms with van der Waals surface area (Å²) in [5.74, 6) is 2.21. The van der Waals surface area contributed by atoms with Crippen LogP contribution in [0.15, 0.2) is 47.6 Å². The average molecular weight is 413 g/mol. The lowest BCUT2D eigenvalue weighted by molar-refractivity contribution is -0.113. The largest absolute Gasteiger partial charge is 0.495 e. The zero-order valence-electron chi connectivity index (χ0n) is 16.9. The second-order valence-electron chi connectivity index (χ2n) is 6.55. The third kappa shape index (κ3) is 5.29. The Hall–Kier alpha value is -3.00. The number of ether oxygens (including phenoxy) is 2. The van der Waals surface area contributed by atoms with E-state index in [9.17, 15) is 4.79 Å². The Morgan fingerprint density at radius 3 is 2.69 bits per heavy atom. The molecule has 152 valence electrons. The fourth-order valence-electron chi connectivity index (χ4n) is 2.69. The highest BCUT2D eigenvalue weighted by Crippen LogP contribution is 2.26. The summed E-state index contributed by atoms with van der Waals surface area (Å²) in [5.41, 5.74) is 2.76. The minimum Gasteiger partial charge on any atom is -0.495 e. The number of hydrogen-bond acceptors (Lipinski definition) is 6. The lowest BCUT2D eigenvalue weighted by Gasteiger charge is -2.11. The maximum atomic E-state index is 12.4.